The zero-order chi connectivity index (χ0) is 13.9. The quantitative estimate of drug-likeness (QED) is 0.898. The molecule has 1 aromatic carbocycles. The fourth-order valence-corrected chi connectivity index (χ4v) is 2.74. The van der Waals surface area contributed by atoms with Gasteiger partial charge in [-0.1, -0.05) is 31.5 Å². The molecular weight excluding hydrogens is 295 g/mol. The third kappa shape index (κ3) is 4.37. The number of hydrogen-bond donors (Lipinski definition) is 2. The summed E-state index contributed by atoms with van der Waals surface area (Å²) in [5, 5.41) is 7.07. The van der Waals surface area contributed by atoms with E-state index in [1.165, 1.54) is 12.8 Å². The Bertz CT molecular complexity index is 463. The molecule has 1 atom stereocenters. The van der Waals surface area contributed by atoms with Gasteiger partial charge in [0.2, 0.25) is 0 Å². The van der Waals surface area contributed by atoms with E-state index in [-0.39, 0.29) is 23.7 Å². The van der Waals surface area contributed by atoms with Crippen LogP contribution in [0.3, 0.4) is 0 Å². The van der Waals surface area contributed by atoms with Crippen LogP contribution in [-0.2, 0) is 0 Å². The molecule has 5 heteroatoms. The number of rotatable bonds is 3. The number of halogens is 2. The largest absolute Gasteiger partial charge is 0.350 e. The van der Waals surface area contributed by atoms with Gasteiger partial charge >= 0.3 is 0 Å². The first-order valence-electron chi connectivity index (χ1n) is 6.76. The minimum atomic E-state index is -0.0642. The van der Waals surface area contributed by atoms with Gasteiger partial charge < -0.3 is 10.6 Å². The van der Waals surface area contributed by atoms with Crippen LogP contribution in [0.5, 0.6) is 0 Å². The molecule has 1 aromatic rings. The van der Waals surface area contributed by atoms with Crippen LogP contribution in [0.2, 0.25) is 5.02 Å². The third-order valence-corrected chi connectivity index (χ3v) is 4.12. The van der Waals surface area contributed by atoms with Crippen molar-refractivity contribution in [1.29, 1.82) is 0 Å². The Morgan fingerprint density at radius 3 is 2.90 bits per heavy atom. The third-order valence-electron chi connectivity index (χ3n) is 3.89. The number of carbonyl (C=O) groups excluding carboxylic acids is 1. The van der Waals surface area contributed by atoms with Crippen molar-refractivity contribution in [3.8, 4) is 0 Å². The molecule has 0 bridgehead atoms. The Labute approximate surface area is 131 Å². The maximum absolute atomic E-state index is 12.1. The van der Waals surface area contributed by atoms with Gasteiger partial charge in [-0.2, -0.15) is 0 Å². The Morgan fingerprint density at radius 1 is 1.50 bits per heavy atom. The molecule has 0 aliphatic carbocycles. The highest BCUT2D eigenvalue weighted by Gasteiger charge is 2.31. The zero-order valence-electron chi connectivity index (χ0n) is 11.9. The summed E-state index contributed by atoms with van der Waals surface area (Å²) in [5.74, 6) is -0.0642. The van der Waals surface area contributed by atoms with E-state index in [9.17, 15) is 4.79 Å². The molecule has 1 heterocycles. The van der Waals surface area contributed by atoms with E-state index in [2.05, 4.69) is 24.5 Å². The van der Waals surface area contributed by atoms with Gasteiger partial charge in [0.25, 0.3) is 5.91 Å². The SMILES string of the molecule is CC1(C)CCCNC1CNC(=O)c1cccc(Cl)c1.Cl. The van der Waals surface area contributed by atoms with Gasteiger partial charge in [0.05, 0.1) is 0 Å². The van der Waals surface area contributed by atoms with Crippen LogP contribution in [0.15, 0.2) is 24.3 Å². The summed E-state index contributed by atoms with van der Waals surface area (Å²) in [6.45, 7) is 6.17. The van der Waals surface area contributed by atoms with Crippen LogP contribution < -0.4 is 10.6 Å². The molecule has 0 spiro atoms. The molecule has 0 aromatic heterocycles. The van der Waals surface area contributed by atoms with Crippen molar-refractivity contribution < 1.29 is 4.79 Å². The van der Waals surface area contributed by atoms with Gasteiger partial charge in [-0.05, 0) is 43.0 Å². The maximum atomic E-state index is 12.1. The van der Waals surface area contributed by atoms with Crippen LogP contribution >= 0.6 is 24.0 Å². The number of benzene rings is 1. The molecule has 1 unspecified atom stereocenters. The van der Waals surface area contributed by atoms with E-state index in [0.717, 1.165) is 6.54 Å². The van der Waals surface area contributed by atoms with E-state index >= 15 is 0 Å². The monoisotopic (exact) mass is 316 g/mol. The fraction of sp³-hybridized carbons (Fsp3) is 0.533. The van der Waals surface area contributed by atoms with Gasteiger partial charge in [-0.25, -0.2) is 0 Å². The average Bonchev–Trinajstić information content (AvgIpc) is 2.36. The Kier molecular flexibility index (Phi) is 6.31. The normalized spacial score (nSPS) is 20.9. The number of nitrogens with one attached hydrogen (secondary N) is 2. The van der Waals surface area contributed by atoms with Crippen LogP contribution in [0.4, 0.5) is 0 Å². The summed E-state index contributed by atoms with van der Waals surface area (Å²) < 4.78 is 0. The summed E-state index contributed by atoms with van der Waals surface area (Å²) in [6.07, 6.45) is 2.39. The second-order valence-electron chi connectivity index (χ2n) is 5.82. The first-order chi connectivity index (χ1) is 8.99. The standard InChI is InChI=1S/C15H21ClN2O.ClH/c1-15(2)7-4-8-17-13(15)10-18-14(19)11-5-3-6-12(16)9-11;/h3,5-6,9,13,17H,4,7-8,10H2,1-2H3,(H,18,19);1H. The van der Waals surface area contributed by atoms with Crippen LogP contribution in [0.25, 0.3) is 0 Å². The van der Waals surface area contributed by atoms with Crippen molar-refractivity contribution in [3.05, 3.63) is 34.9 Å². The molecule has 2 N–H and O–H groups in total. The van der Waals surface area contributed by atoms with E-state index in [1.807, 2.05) is 0 Å². The molecule has 1 amide bonds. The van der Waals surface area contributed by atoms with E-state index in [0.29, 0.717) is 23.2 Å². The van der Waals surface area contributed by atoms with Gasteiger partial charge in [-0.15, -0.1) is 12.4 Å². The molecule has 1 fully saturated rings. The van der Waals surface area contributed by atoms with Crippen molar-refractivity contribution in [3.63, 3.8) is 0 Å². The highest BCUT2D eigenvalue weighted by atomic mass is 35.5. The minimum absolute atomic E-state index is 0. The van der Waals surface area contributed by atoms with E-state index < -0.39 is 0 Å². The van der Waals surface area contributed by atoms with Gasteiger partial charge in [0.1, 0.15) is 0 Å². The second-order valence-corrected chi connectivity index (χ2v) is 6.26. The highest BCUT2D eigenvalue weighted by Crippen LogP contribution is 2.29. The smallest absolute Gasteiger partial charge is 0.251 e. The lowest BCUT2D eigenvalue weighted by molar-refractivity contribution is 0.0929. The summed E-state index contributed by atoms with van der Waals surface area (Å²) in [5.41, 5.74) is 0.834. The van der Waals surface area contributed by atoms with E-state index in [4.69, 9.17) is 11.6 Å². The molecule has 0 radical (unpaired) electrons. The second kappa shape index (κ2) is 7.30. The summed E-state index contributed by atoms with van der Waals surface area (Å²) in [6, 6.07) is 7.35. The predicted molar refractivity (Wildman–Crippen MR) is 85.8 cm³/mol. The maximum Gasteiger partial charge on any atom is 0.251 e. The zero-order valence-corrected chi connectivity index (χ0v) is 13.5. The molecule has 3 nitrogen and oxygen atoms in total. The number of amides is 1. The lowest BCUT2D eigenvalue weighted by Gasteiger charge is -2.39. The van der Waals surface area contributed by atoms with Crippen molar-refractivity contribution in [1.82, 2.24) is 10.6 Å². The van der Waals surface area contributed by atoms with Crippen LogP contribution in [-0.4, -0.2) is 25.0 Å². The van der Waals surface area contributed by atoms with Gasteiger partial charge in [-0.3, -0.25) is 4.79 Å². The van der Waals surface area contributed by atoms with Gasteiger partial charge in [0, 0.05) is 23.2 Å². The van der Waals surface area contributed by atoms with Crippen LogP contribution in [0, 0.1) is 5.41 Å². The molecule has 20 heavy (non-hydrogen) atoms. The first kappa shape index (κ1) is 17.3. The summed E-state index contributed by atoms with van der Waals surface area (Å²) in [7, 11) is 0. The Morgan fingerprint density at radius 2 is 2.25 bits per heavy atom. The Balaban J connectivity index is 0.00000200. The van der Waals surface area contributed by atoms with E-state index in [1.54, 1.807) is 24.3 Å². The topological polar surface area (TPSA) is 41.1 Å². The van der Waals surface area contributed by atoms with Crippen molar-refractivity contribution >= 4 is 29.9 Å². The van der Waals surface area contributed by atoms with Crippen molar-refractivity contribution in [2.24, 2.45) is 5.41 Å². The molecule has 1 saturated heterocycles. The predicted octanol–water partition coefficient (Wildman–Crippen LogP) is 3.27. The number of carbonyl (C=O) groups is 1. The molecular formula is C15H22Cl2N2O. The minimum Gasteiger partial charge on any atom is -0.350 e. The van der Waals surface area contributed by atoms with Crippen molar-refractivity contribution in [2.45, 2.75) is 32.7 Å². The fourth-order valence-electron chi connectivity index (χ4n) is 2.55. The lowest BCUT2D eigenvalue weighted by Crippen LogP contribution is -2.52. The lowest BCUT2D eigenvalue weighted by atomic mass is 9.77. The van der Waals surface area contributed by atoms with Crippen LogP contribution in [0.1, 0.15) is 37.0 Å². The molecule has 1 aliphatic heterocycles. The van der Waals surface area contributed by atoms with Crippen molar-refractivity contribution in [2.75, 3.05) is 13.1 Å². The number of hydrogen-bond acceptors (Lipinski definition) is 2. The summed E-state index contributed by atoms with van der Waals surface area (Å²) >= 11 is 5.89. The molecule has 0 saturated carbocycles. The molecule has 112 valence electrons. The average molecular weight is 317 g/mol. The first-order valence-corrected chi connectivity index (χ1v) is 7.14. The highest BCUT2D eigenvalue weighted by molar-refractivity contribution is 6.30. The molecule has 2 rings (SSSR count). The number of piperidine rings is 1. The molecule has 1 aliphatic rings. The summed E-state index contributed by atoms with van der Waals surface area (Å²) in [4.78, 5) is 12.1. The Hall–Kier alpha value is -0.770. The van der Waals surface area contributed by atoms with Gasteiger partial charge in [0.15, 0.2) is 0 Å².